The smallest absolute Gasteiger partial charge is 0.326 e. The minimum atomic E-state index is -3.49. The third-order valence-electron chi connectivity index (χ3n) is 5.51. The van der Waals surface area contributed by atoms with Crippen LogP contribution in [0.25, 0.3) is 20.2 Å². The molecule has 2 amide bonds. The first-order chi connectivity index (χ1) is 14.6. The van der Waals surface area contributed by atoms with Crippen LogP contribution in [-0.2, 0) is 19.4 Å². The lowest BCUT2D eigenvalue weighted by Gasteiger charge is -2.21. The van der Waals surface area contributed by atoms with Crippen molar-refractivity contribution in [3.63, 3.8) is 0 Å². The number of carboxylic acid groups (broad SMARTS) is 1. The van der Waals surface area contributed by atoms with E-state index in [9.17, 15) is 27.9 Å². The molecule has 8 nitrogen and oxygen atoms in total. The summed E-state index contributed by atoms with van der Waals surface area (Å²) in [7, 11) is -3.49. The molecule has 31 heavy (non-hydrogen) atoms. The molecule has 0 saturated carbocycles. The lowest BCUT2D eigenvalue weighted by Crippen LogP contribution is -2.45. The molecule has 162 valence electrons. The second kappa shape index (κ2) is 7.93. The highest BCUT2D eigenvalue weighted by atomic mass is 32.2. The average molecular weight is 461 g/mol. The Balaban J connectivity index is 1.47. The molecule has 2 heterocycles. The maximum atomic E-state index is 12.6. The zero-order valence-electron chi connectivity index (χ0n) is 16.6. The first-order valence-corrected chi connectivity index (χ1v) is 12.3. The molecule has 1 aromatic heterocycles. The molecule has 2 atom stereocenters. The van der Waals surface area contributed by atoms with Crippen molar-refractivity contribution in [2.75, 3.05) is 19.3 Å². The van der Waals surface area contributed by atoms with Gasteiger partial charge in [-0.2, -0.15) is 0 Å². The Morgan fingerprint density at radius 3 is 2.55 bits per heavy atom. The summed E-state index contributed by atoms with van der Waals surface area (Å²) in [5.74, 6) is -2.35. The second-order valence-corrected chi connectivity index (χ2v) is 11.0. The van der Waals surface area contributed by atoms with Crippen LogP contribution >= 0.6 is 11.3 Å². The van der Waals surface area contributed by atoms with Crippen LogP contribution in [0.15, 0.2) is 42.5 Å². The number of nitrogens with one attached hydrogen (secondary N) is 1. The van der Waals surface area contributed by atoms with Gasteiger partial charge >= 0.3 is 5.97 Å². The molecule has 1 aliphatic rings. The number of nitrogens with zero attached hydrogens (tertiary/aromatic N) is 1. The fourth-order valence-electron chi connectivity index (χ4n) is 3.84. The van der Waals surface area contributed by atoms with Gasteiger partial charge in [0.2, 0.25) is 5.91 Å². The standard InChI is InChI=1S/C21H20N2O6S2/c1-31(28,29)13-9-16(21(26)27)23(11-13)19(24)10-22-20(25)12-6-7-15-14-4-2-3-5-17(14)30-18(15)8-12/h2-8,13,16H,9-11H2,1H3,(H,22,25)(H,26,27)/t13-,16+/m1/s1. The van der Waals surface area contributed by atoms with Gasteiger partial charge < -0.3 is 15.3 Å². The van der Waals surface area contributed by atoms with Gasteiger partial charge in [0.15, 0.2) is 9.84 Å². The monoisotopic (exact) mass is 460 g/mol. The number of rotatable bonds is 5. The number of sulfone groups is 1. The highest BCUT2D eigenvalue weighted by Crippen LogP contribution is 2.34. The van der Waals surface area contributed by atoms with E-state index < -0.39 is 45.5 Å². The van der Waals surface area contributed by atoms with Gasteiger partial charge in [0.25, 0.3) is 5.91 Å². The van der Waals surface area contributed by atoms with E-state index in [1.807, 2.05) is 30.3 Å². The number of carboxylic acids is 1. The molecule has 3 aromatic rings. The Bertz CT molecular complexity index is 1310. The maximum absolute atomic E-state index is 12.6. The predicted molar refractivity (Wildman–Crippen MR) is 118 cm³/mol. The van der Waals surface area contributed by atoms with Crippen LogP contribution in [0.4, 0.5) is 0 Å². The largest absolute Gasteiger partial charge is 0.480 e. The number of amides is 2. The number of hydrogen-bond acceptors (Lipinski definition) is 6. The van der Waals surface area contributed by atoms with E-state index in [4.69, 9.17) is 0 Å². The van der Waals surface area contributed by atoms with Crippen LogP contribution in [0.5, 0.6) is 0 Å². The average Bonchev–Trinajstić information content (AvgIpc) is 3.33. The Morgan fingerprint density at radius 2 is 1.84 bits per heavy atom. The summed E-state index contributed by atoms with van der Waals surface area (Å²) in [5.41, 5.74) is 0.386. The molecule has 0 bridgehead atoms. The van der Waals surface area contributed by atoms with Gasteiger partial charge in [0.05, 0.1) is 11.8 Å². The van der Waals surface area contributed by atoms with Crippen molar-refractivity contribution < 1.29 is 27.9 Å². The number of carbonyl (C=O) groups excluding carboxylic acids is 2. The van der Waals surface area contributed by atoms with Gasteiger partial charge in [-0.1, -0.05) is 24.3 Å². The van der Waals surface area contributed by atoms with Crippen LogP contribution in [0.1, 0.15) is 16.8 Å². The Kier molecular flexibility index (Phi) is 5.44. The lowest BCUT2D eigenvalue weighted by atomic mass is 10.1. The summed E-state index contributed by atoms with van der Waals surface area (Å²) in [6, 6.07) is 12.0. The molecule has 0 radical (unpaired) electrons. The van der Waals surface area contributed by atoms with E-state index in [1.54, 1.807) is 23.5 Å². The van der Waals surface area contributed by atoms with Gasteiger partial charge in [-0.25, -0.2) is 13.2 Å². The summed E-state index contributed by atoms with van der Waals surface area (Å²) in [6.07, 6.45) is 0.868. The zero-order valence-corrected chi connectivity index (χ0v) is 18.2. The molecule has 10 heteroatoms. The summed E-state index contributed by atoms with van der Waals surface area (Å²) < 4.78 is 25.6. The van der Waals surface area contributed by atoms with Crippen molar-refractivity contribution in [2.45, 2.75) is 17.7 Å². The fraction of sp³-hybridized carbons (Fsp3) is 0.286. The molecule has 2 N–H and O–H groups in total. The highest BCUT2D eigenvalue weighted by Gasteiger charge is 2.43. The minimum Gasteiger partial charge on any atom is -0.480 e. The van der Waals surface area contributed by atoms with Gasteiger partial charge in [-0.15, -0.1) is 11.3 Å². The maximum Gasteiger partial charge on any atom is 0.326 e. The van der Waals surface area contributed by atoms with Crippen LogP contribution in [0, 0.1) is 0 Å². The number of carbonyl (C=O) groups is 3. The molecule has 2 aromatic carbocycles. The first kappa shape index (κ1) is 21.3. The van der Waals surface area contributed by atoms with E-state index >= 15 is 0 Å². The molecular formula is C21H20N2O6S2. The highest BCUT2D eigenvalue weighted by molar-refractivity contribution is 7.91. The Morgan fingerprint density at radius 1 is 1.13 bits per heavy atom. The normalized spacial score (nSPS) is 19.1. The SMILES string of the molecule is CS(=O)(=O)[C@@H]1C[C@@H](C(=O)O)N(C(=O)CNC(=O)c2ccc3c(c2)sc2ccccc23)C1. The minimum absolute atomic E-state index is 0.156. The molecule has 1 saturated heterocycles. The molecule has 0 spiro atoms. The zero-order chi connectivity index (χ0) is 22.3. The van der Waals surface area contributed by atoms with E-state index in [0.717, 1.165) is 31.3 Å². The van der Waals surface area contributed by atoms with Crippen molar-refractivity contribution in [1.82, 2.24) is 10.2 Å². The van der Waals surface area contributed by atoms with Gasteiger partial charge in [-0.05, 0) is 24.6 Å². The van der Waals surface area contributed by atoms with Gasteiger partial charge in [0, 0.05) is 38.5 Å². The molecule has 4 rings (SSSR count). The van der Waals surface area contributed by atoms with Crippen LogP contribution < -0.4 is 5.32 Å². The number of fused-ring (bicyclic) bond motifs is 3. The molecular weight excluding hydrogens is 440 g/mol. The third kappa shape index (κ3) is 4.13. The quantitative estimate of drug-likeness (QED) is 0.600. The molecule has 0 aliphatic carbocycles. The van der Waals surface area contributed by atoms with Crippen molar-refractivity contribution in [3.05, 3.63) is 48.0 Å². The number of thiophene rings is 1. The van der Waals surface area contributed by atoms with Crippen molar-refractivity contribution in [3.8, 4) is 0 Å². The van der Waals surface area contributed by atoms with E-state index in [1.165, 1.54) is 0 Å². The third-order valence-corrected chi connectivity index (χ3v) is 8.20. The molecule has 1 fully saturated rings. The second-order valence-electron chi connectivity index (χ2n) is 7.58. The van der Waals surface area contributed by atoms with Crippen molar-refractivity contribution >= 4 is 59.1 Å². The predicted octanol–water partition coefficient (Wildman–Crippen LogP) is 1.88. The molecule has 0 unspecified atom stereocenters. The van der Waals surface area contributed by atoms with Crippen LogP contribution in [-0.4, -0.2) is 66.8 Å². The lowest BCUT2D eigenvalue weighted by molar-refractivity contribution is -0.147. The topological polar surface area (TPSA) is 121 Å². The number of aliphatic carboxylic acids is 1. The molecule has 1 aliphatic heterocycles. The Hall–Kier alpha value is -2.98. The Labute approximate surface area is 182 Å². The van der Waals surface area contributed by atoms with Crippen molar-refractivity contribution in [2.24, 2.45) is 0 Å². The first-order valence-electron chi connectivity index (χ1n) is 9.56. The van der Waals surface area contributed by atoms with Crippen LogP contribution in [0.3, 0.4) is 0 Å². The van der Waals surface area contributed by atoms with E-state index in [-0.39, 0.29) is 13.0 Å². The van der Waals surface area contributed by atoms with E-state index in [0.29, 0.717) is 5.56 Å². The van der Waals surface area contributed by atoms with Gasteiger partial charge in [0.1, 0.15) is 6.04 Å². The van der Waals surface area contributed by atoms with Crippen molar-refractivity contribution in [1.29, 1.82) is 0 Å². The summed E-state index contributed by atoms with van der Waals surface area (Å²) in [4.78, 5) is 37.6. The van der Waals surface area contributed by atoms with Crippen LogP contribution in [0.2, 0.25) is 0 Å². The summed E-state index contributed by atoms with van der Waals surface area (Å²) in [6.45, 7) is -0.609. The van der Waals surface area contributed by atoms with Gasteiger partial charge in [-0.3, -0.25) is 9.59 Å². The number of likely N-dealkylation sites (tertiary alicyclic amines) is 1. The number of benzene rings is 2. The number of hydrogen-bond donors (Lipinski definition) is 2. The fourth-order valence-corrected chi connectivity index (χ4v) is 5.95. The van der Waals surface area contributed by atoms with E-state index in [2.05, 4.69) is 5.32 Å². The summed E-state index contributed by atoms with van der Waals surface area (Å²) >= 11 is 1.57. The summed E-state index contributed by atoms with van der Waals surface area (Å²) in [5, 5.41) is 13.1.